The molecule has 4 aromatic carbocycles. The number of methoxy groups -OCH3 is 1. The maximum absolute atomic E-state index is 14.2. The molecule has 1 atom stereocenters. The lowest BCUT2D eigenvalue weighted by atomic mass is 9.89. The summed E-state index contributed by atoms with van der Waals surface area (Å²) < 4.78 is 19.8. The number of nitrogens with zero attached hydrogens (tertiary/aromatic N) is 3. The lowest BCUT2D eigenvalue weighted by molar-refractivity contribution is -0.114. The van der Waals surface area contributed by atoms with Crippen molar-refractivity contribution >= 4 is 34.0 Å². The Hall–Kier alpha value is -5.46. The van der Waals surface area contributed by atoms with Crippen LogP contribution in [0.4, 0.5) is 0 Å². The Morgan fingerprint density at radius 2 is 1.78 bits per heavy atom. The lowest BCUT2D eigenvalue weighted by Crippen LogP contribution is -2.39. The predicted octanol–water partition coefficient (Wildman–Crippen LogP) is 5.84. The van der Waals surface area contributed by atoms with Crippen molar-refractivity contribution in [2.24, 2.45) is 4.99 Å². The SMILES string of the molecule is CCOc1cc(C=c2sc3n(c2=O)[C@@H](c2c(OC)ccc4ccccc24)C(C(C)=O)=C(C)N=3)ccc1OCc1ccccc1C#N. The second-order valence-electron chi connectivity index (χ2n) is 10.7. The van der Waals surface area contributed by atoms with Crippen molar-refractivity contribution in [3.8, 4) is 23.3 Å². The van der Waals surface area contributed by atoms with Crippen LogP contribution in [0.25, 0.3) is 16.8 Å². The molecule has 0 unspecified atom stereocenters. The van der Waals surface area contributed by atoms with Crippen molar-refractivity contribution in [1.29, 1.82) is 5.26 Å². The van der Waals surface area contributed by atoms with E-state index in [9.17, 15) is 14.9 Å². The first kappa shape index (κ1) is 30.6. The standard InChI is InChI=1S/C37H31N3O5S/c1-5-44-31-18-24(14-16-29(31)45-21-27-12-7-6-11-26(27)20-38)19-32-36(42)40-35(33(23(3)41)22(2)39-37(40)46-32)34-28-13-9-8-10-25(28)15-17-30(34)43-4/h6-19,35H,5,21H2,1-4H3/t35-/m1/s1. The molecule has 1 aromatic heterocycles. The van der Waals surface area contributed by atoms with Crippen molar-refractivity contribution < 1.29 is 19.0 Å². The summed E-state index contributed by atoms with van der Waals surface area (Å²) in [6, 6.07) is 25.9. The second-order valence-corrected chi connectivity index (χ2v) is 11.7. The smallest absolute Gasteiger partial charge is 0.271 e. The molecule has 1 aliphatic rings. The third kappa shape index (κ3) is 5.59. The maximum atomic E-state index is 14.2. The Morgan fingerprint density at radius 3 is 2.54 bits per heavy atom. The van der Waals surface area contributed by atoms with E-state index >= 15 is 0 Å². The number of thiazole rings is 1. The van der Waals surface area contributed by atoms with Gasteiger partial charge in [-0.3, -0.25) is 14.2 Å². The number of hydrogen-bond donors (Lipinski definition) is 0. The highest BCUT2D eigenvalue weighted by Crippen LogP contribution is 2.40. The molecule has 9 heteroatoms. The number of ketones is 1. The fourth-order valence-electron chi connectivity index (χ4n) is 5.84. The van der Waals surface area contributed by atoms with Gasteiger partial charge >= 0.3 is 0 Å². The maximum Gasteiger partial charge on any atom is 0.271 e. The van der Waals surface area contributed by atoms with Crippen LogP contribution in [0, 0.1) is 11.3 Å². The number of Topliss-reactive ketones (excluding diaryl/α,β-unsaturated/α-hetero) is 1. The van der Waals surface area contributed by atoms with Gasteiger partial charge in [-0.2, -0.15) is 5.26 Å². The molecule has 8 nitrogen and oxygen atoms in total. The Labute approximate surface area is 269 Å². The number of aromatic nitrogens is 1. The molecule has 2 heterocycles. The fourth-order valence-corrected chi connectivity index (χ4v) is 6.89. The van der Waals surface area contributed by atoms with Gasteiger partial charge in [-0.15, -0.1) is 0 Å². The summed E-state index contributed by atoms with van der Waals surface area (Å²) in [5, 5.41) is 11.3. The van der Waals surface area contributed by atoms with Crippen molar-refractivity contribution in [2.45, 2.75) is 33.4 Å². The molecular weight excluding hydrogens is 598 g/mol. The van der Waals surface area contributed by atoms with Crippen LogP contribution in [0.5, 0.6) is 17.2 Å². The van der Waals surface area contributed by atoms with Crippen molar-refractivity contribution in [3.05, 3.63) is 132 Å². The largest absolute Gasteiger partial charge is 0.496 e. The van der Waals surface area contributed by atoms with Crippen LogP contribution in [0.15, 0.2) is 99.9 Å². The highest BCUT2D eigenvalue weighted by Gasteiger charge is 2.33. The summed E-state index contributed by atoms with van der Waals surface area (Å²) in [5.41, 5.74) is 3.56. The lowest BCUT2D eigenvalue weighted by Gasteiger charge is -2.27. The highest BCUT2D eigenvalue weighted by atomic mass is 32.1. The third-order valence-corrected chi connectivity index (χ3v) is 8.89. The quantitative estimate of drug-likeness (QED) is 0.203. The number of carbonyl (C=O) groups excluding carboxylic acids is 1. The topological polar surface area (TPSA) is 103 Å². The average molecular weight is 630 g/mol. The average Bonchev–Trinajstić information content (AvgIpc) is 3.36. The third-order valence-electron chi connectivity index (χ3n) is 7.91. The first-order chi connectivity index (χ1) is 22.3. The van der Waals surface area contributed by atoms with Gasteiger partial charge < -0.3 is 14.2 Å². The van der Waals surface area contributed by atoms with Gasteiger partial charge in [-0.25, -0.2) is 4.99 Å². The van der Waals surface area contributed by atoms with Crippen molar-refractivity contribution in [1.82, 2.24) is 4.57 Å². The van der Waals surface area contributed by atoms with E-state index in [1.807, 2.05) is 73.7 Å². The normalized spacial score (nSPS) is 14.4. The minimum atomic E-state index is -0.719. The molecule has 0 saturated carbocycles. The number of hydrogen-bond acceptors (Lipinski definition) is 8. The molecule has 5 aromatic rings. The minimum absolute atomic E-state index is 0.162. The summed E-state index contributed by atoms with van der Waals surface area (Å²) in [6.45, 7) is 5.82. The zero-order chi connectivity index (χ0) is 32.4. The fraction of sp³-hybridized carbons (Fsp3) is 0.189. The summed E-state index contributed by atoms with van der Waals surface area (Å²) in [4.78, 5) is 32.6. The van der Waals surface area contributed by atoms with Crippen LogP contribution in [-0.2, 0) is 11.4 Å². The molecule has 6 rings (SSSR count). The first-order valence-electron chi connectivity index (χ1n) is 14.8. The summed E-state index contributed by atoms with van der Waals surface area (Å²) in [6.07, 6.45) is 1.80. The first-order valence-corrected chi connectivity index (χ1v) is 15.6. The molecule has 46 heavy (non-hydrogen) atoms. The van der Waals surface area contributed by atoms with Crippen molar-refractivity contribution in [3.63, 3.8) is 0 Å². The van der Waals surface area contributed by atoms with Crippen LogP contribution in [-0.4, -0.2) is 24.1 Å². The van der Waals surface area contributed by atoms with Gasteiger partial charge in [0, 0.05) is 22.4 Å². The molecule has 230 valence electrons. The molecule has 0 amide bonds. The number of ether oxygens (including phenoxy) is 3. The van der Waals surface area contributed by atoms with Gasteiger partial charge in [0.2, 0.25) is 0 Å². The Balaban J connectivity index is 1.46. The van der Waals surface area contributed by atoms with Crippen LogP contribution in [0.1, 0.15) is 49.1 Å². The van der Waals surface area contributed by atoms with E-state index in [1.165, 1.54) is 18.3 Å². The minimum Gasteiger partial charge on any atom is -0.496 e. The van der Waals surface area contributed by atoms with Crippen LogP contribution >= 0.6 is 11.3 Å². The van der Waals surface area contributed by atoms with Crippen LogP contribution in [0.3, 0.4) is 0 Å². The Bertz CT molecular complexity index is 2260. The van der Waals surface area contributed by atoms with E-state index in [0.717, 1.165) is 27.5 Å². The molecule has 0 spiro atoms. The Kier molecular flexibility index (Phi) is 8.55. The predicted molar refractivity (Wildman–Crippen MR) is 178 cm³/mol. The van der Waals surface area contributed by atoms with Crippen LogP contribution < -0.4 is 29.1 Å². The van der Waals surface area contributed by atoms with E-state index in [0.29, 0.717) is 50.0 Å². The highest BCUT2D eigenvalue weighted by molar-refractivity contribution is 7.07. The Morgan fingerprint density at radius 1 is 1.02 bits per heavy atom. The molecule has 1 aliphatic heterocycles. The van der Waals surface area contributed by atoms with Gasteiger partial charge in [0.1, 0.15) is 12.4 Å². The molecule has 0 fully saturated rings. The summed E-state index contributed by atoms with van der Waals surface area (Å²) in [5.74, 6) is 1.47. The van der Waals surface area contributed by atoms with Gasteiger partial charge in [-0.1, -0.05) is 65.9 Å². The number of fused-ring (bicyclic) bond motifs is 2. The van der Waals surface area contributed by atoms with E-state index < -0.39 is 6.04 Å². The number of allylic oxidation sites excluding steroid dienone is 2. The van der Waals surface area contributed by atoms with E-state index in [4.69, 9.17) is 19.2 Å². The van der Waals surface area contributed by atoms with E-state index in [2.05, 4.69) is 6.07 Å². The van der Waals surface area contributed by atoms with Crippen LogP contribution in [0.2, 0.25) is 0 Å². The molecule has 0 N–H and O–H groups in total. The zero-order valence-electron chi connectivity index (χ0n) is 25.9. The van der Waals surface area contributed by atoms with Gasteiger partial charge in [-0.05, 0) is 67.4 Å². The molecule has 0 bridgehead atoms. The number of nitriles is 1. The molecular formula is C37H31N3O5S. The summed E-state index contributed by atoms with van der Waals surface area (Å²) >= 11 is 1.27. The van der Waals surface area contributed by atoms with Gasteiger partial charge in [0.15, 0.2) is 22.1 Å². The number of benzene rings is 4. The second kappa shape index (κ2) is 12.9. The molecule has 0 saturated heterocycles. The number of carbonyl (C=O) groups is 1. The van der Waals surface area contributed by atoms with E-state index in [1.54, 1.807) is 36.8 Å². The zero-order valence-corrected chi connectivity index (χ0v) is 26.7. The van der Waals surface area contributed by atoms with Gasteiger partial charge in [0.05, 0.1) is 35.9 Å². The van der Waals surface area contributed by atoms with E-state index in [-0.39, 0.29) is 17.9 Å². The van der Waals surface area contributed by atoms with Gasteiger partial charge in [0.25, 0.3) is 5.56 Å². The number of rotatable bonds is 9. The monoisotopic (exact) mass is 629 g/mol. The molecule has 0 radical (unpaired) electrons. The van der Waals surface area contributed by atoms with Crippen molar-refractivity contribution in [2.75, 3.05) is 13.7 Å². The molecule has 0 aliphatic carbocycles. The summed E-state index contributed by atoms with van der Waals surface area (Å²) in [7, 11) is 1.59.